The molecule has 0 radical (unpaired) electrons. The zero-order valence-corrected chi connectivity index (χ0v) is 10.7. The summed E-state index contributed by atoms with van der Waals surface area (Å²) in [5, 5.41) is 12.5. The lowest BCUT2D eigenvalue weighted by Gasteiger charge is -2.22. The number of hydrogen-bond donors (Lipinski definition) is 2. The summed E-state index contributed by atoms with van der Waals surface area (Å²) in [4.78, 5) is 4.24. The summed E-state index contributed by atoms with van der Waals surface area (Å²) >= 11 is 0. The molecule has 4 nitrogen and oxygen atoms in total. The lowest BCUT2D eigenvalue weighted by atomic mass is 9.96. The smallest absolute Gasteiger partial charge is 0.144 e. The molecule has 4 heteroatoms. The van der Waals surface area contributed by atoms with Gasteiger partial charge in [0.05, 0.1) is 17.4 Å². The molecule has 1 aromatic rings. The monoisotopic (exact) mass is 244 g/mol. The predicted molar refractivity (Wildman–Crippen MR) is 73.1 cm³/mol. The van der Waals surface area contributed by atoms with Gasteiger partial charge in [-0.05, 0) is 18.9 Å². The first-order valence-electron chi connectivity index (χ1n) is 6.72. The highest BCUT2D eigenvalue weighted by Crippen LogP contribution is 2.22. The number of hydrogen-bond acceptors (Lipinski definition) is 4. The van der Waals surface area contributed by atoms with Gasteiger partial charge in [-0.1, -0.05) is 32.1 Å². The molecule has 0 saturated heterocycles. The molecule has 0 aliphatic heterocycles. The van der Waals surface area contributed by atoms with Crippen LogP contribution in [0.4, 0.5) is 11.5 Å². The van der Waals surface area contributed by atoms with Crippen LogP contribution in [0.2, 0.25) is 0 Å². The van der Waals surface area contributed by atoms with Crippen LogP contribution in [0.25, 0.3) is 0 Å². The number of pyridine rings is 1. The molecule has 0 aromatic carbocycles. The molecule has 1 aliphatic carbocycles. The van der Waals surface area contributed by atoms with Gasteiger partial charge in [0.15, 0.2) is 0 Å². The summed E-state index contributed by atoms with van der Waals surface area (Å²) in [5.41, 5.74) is 6.72. The molecule has 0 unspecified atom stereocenters. The average molecular weight is 244 g/mol. The maximum absolute atomic E-state index is 9.09. The standard InChI is InChI=1S/C14H20N4/c15-9-11-8-12(16)10-17-14(11)18-13-6-4-2-1-3-5-7-13/h8,10,13H,1-7,16H2,(H,17,18). The average Bonchev–Trinajstić information content (AvgIpc) is 2.34. The summed E-state index contributed by atoms with van der Waals surface area (Å²) in [7, 11) is 0. The topological polar surface area (TPSA) is 74.7 Å². The van der Waals surface area contributed by atoms with Crippen molar-refractivity contribution in [3.63, 3.8) is 0 Å². The summed E-state index contributed by atoms with van der Waals surface area (Å²) in [6.07, 6.45) is 10.4. The first-order valence-corrected chi connectivity index (χ1v) is 6.72. The molecule has 1 fully saturated rings. The largest absolute Gasteiger partial charge is 0.397 e. The van der Waals surface area contributed by atoms with E-state index in [1.807, 2.05) is 0 Å². The fraction of sp³-hybridized carbons (Fsp3) is 0.571. The number of nitriles is 1. The van der Waals surface area contributed by atoms with E-state index in [0.717, 1.165) is 12.8 Å². The fourth-order valence-corrected chi connectivity index (χ4v) is 2.47. The van der Waals surface area contributed by atoms with Gasteiger partial charge >= 0.3 is 0 Å². The Balaban J connectivity index is 2.05. The second-order valence-corrected chi connectivity index (χ2v) is 4.96. The van der Waals surface area contributed by atoms with Crippen LogP contribution in [0.15, 0.2) is 12.3 Å². The predicted octanol–water partition coefficient (Wildman–Crippen LogP) is 3.06. The number of nitrogens with two attached hydrogens (primary N) is 1. The number of anilines is 2. The SMILES string of the molecule is N#Cc1cc(N)cnc1NC1CCCCCCC1. The molecule has 1 aromatic heterocycles. The first kappa shape index (κ1) is 12.7. The van der Waals surface area contributed by atoms with E-state index in [2.05, 4.69) is 16.4 Å². The summed E-state index contributed by atoms with van der Waals surface area (Å²) < 4.78 is 0. The van der Waals surface area contributed by atoms with Crippen molar-refractivity contribution in [2.75, 3.05) is 11.1 Å². The highest BCUT2D eigenvalue weighted by Gasteiger charge is 2.13. The van der Waals surface area contributed by atoms with Crippen LogP contribution in [-0.4, -0.2) is 11.0 Å². The van der Waals surface area contributed by atoms with Crippen molar-refractivity contribution >= 4 is 11.5 Å². The van der Waals surface area contributed by atoms with E-state index in [0.29, 0.717) is 23.1 Å². The second-order valence-electron chi connectivity index (χ2n) is 4.96. The molecule has 0 atom stereocenters. The minimum absolute atomic E-state index is 0.438. The molecule has 1 aliphatic rings. The first-order chi connectivity index (χ1) is 8.79. The summed E-state index contributed by atoms with van der Waals surface area (Å²) in [6, 6.07) is 4.27. The quantitative estimate of drug-likeness (QED) is 0.838. The molecular weight excluding hydrogens is 224 g/mol. The van der Waals surface area contributed by atoms with E-state index < -0.39 is 0 Å². The Kier molecular flexibility index (Phi) is 4.40. The Morgan fingerprint density at radius 1 is 1.22 bits per heavy atom. The van der Waals surface area contributed by atoms with Crippen molar-refractivity contribution in [3.8, 4) is 6.07 Å². The third-order valence-corrected chi connectivity index (χ3v) is 3.48. The maximum Gasteiger partial charge on any atom is 0.144 e. The van der Waals surface area contributed by atoms with E-state index >= 15 is 0 Å². The van der Waals surface area contributed by atoms with Crippen LogP contribution in [-0.2, 0) is 0 Å². The minimum atomic E-state index is 0.438. The van der Waals surface area contributed by atoms with Gasteiger partial charge in [-0.2, -0.15) is 5.26 Å². The van der Waals surface area contributed by atoms with Gasteiger partial charge in [0, 0.05) is 6.04 Å². The molecule has 0 bridgehead atoms. The van der Waals surface area contributed by atoms with Crippen LogP contribution in [0.3, 0.4) is 0 Å². The molecule has 2 rings (SSSR count). The Bertz CT molecular complexity index is 428. The molecule has 0 amide bonds. The van der Waals surface area contributed by atoms with Gasteiger partial charge in [0.25, 0.3) is 0 Å². The van der Waals surface area contributed by atoms with Crippen LogP contribution >= 0.6 is 0 Å². The summed E-state index contributed by atoms with van der Waals surface area (Å²) in [5.74, 6) is 0.678. The van der Waals surface area contributed by atoms with Crippen molar-refractivity contribution in [2.24, 2.45) is 0 Å². The van der Waals surface area contributed by atoms with Gasteiger partial charge in [0.1, 0.15) is 11.9 Å². The van der Waals surface area contributed by atoms with Crippen molar-refractivity contribution in [2.45, 2.75) is 51.0 Å². The van der Waals surface area contributed by atoms with E-state index in [9.17, 15) is 0 Å². The van der Waals surface area contributed by atoms with Gasteiger partial charge in [-0.15, -0.1) is 0 Å². The number of aromatic nitrogens is 1. The zero-order valence-electron chi connectivity index (χ0n) is 10.7. The van der Waals surface area contributed by atoms with Gasteiger partial charge in [-0.25, -0.2) is 4.98 Å². The van der Waals surface area contributed by atoms with Crippen molar-refractivity contribution < 1.29 is 0 Å². The normalized spacial score (nSPS) is 17.5. The molecule has 18 heavy (non-hydrogen) atoms. The Labute approximate surface area is 108 Å². The molecule has 1 heterocycles. The Morgan fingerprint density at radius 3 is 2.56 bits per heavy atom. The van der Waals surface area contributed by atoms with E-state index in [4.69, 9.17) is 11.0 Å². The van der Waals surface area contributed by atoms with Crippen LogP contribution in [0.5, 0.6) is 0 Å². The Morgan fingerprint density at radius 2 is 1.89 bits per heavy atom. The van der Waals surface area contributed by atoms with E-state index in [-0.39, 0.29) is 0 Å². The van der Waals surface area contributed by atoms with Crippen LogP contribution < -0.4 is 11.1 Å². The van der Waals surface area contributed by atoms with Gasteiger partial charge in [-0.3, -0.25) is 0 Å². The minimum Gasteiger partial charge on any atom is -0.397 e. The number of rotatable bonds is 2. The highest BCUT2D eigenvalue weighted by atomic mass is 15.0. The molecule has 96 valence electrons. The summed E-state index contributed by atoms with van der Waals surface area (Å²) in [6.45, 7) is 0. The lowest BCUT2D eigenvalue weighted by molar-refractivity contribution is 0.470. The van der Waals surface area contributed by atoms with Crippen molar-refractivity contribution in [1.82, 2.24) is 4.98 Å². The molecule has 3 N–H and O–H groups in total. The van der Waals surface area contributed by atoms with Gasteiger partial charge in [0.2, 0.25) is 0 Å². The van der Waals surface area contributed by atoms with Crippen molar-refractivity contribution in [3.05, 3.63) is 17.8 Å². The van der Waals surface area contributed by atoms with E-state index in [1.54, 1.807) is 12.3 Å². The number of nitrogens with one attached hydrogen (secondary N) is 1. The molecule has 0 spiro atoms. The highest BCUT2D eigenvalue weighted by molar-refractivity contribution is 5.57. The third kappa shape index (κ3) is 3.36. The fourth-order valence-electron chi connectivity index (χ4n) is 2.47. The van der Waals surface area contributed by atoms with Crippen LogP contribution in [0, 0.1) is 11.3 Å². The Hall–Kier alpha value is -1.76. The van der Waals surface area contributed by atoms with Crippen LogP contribution in [0.1, 0.15) is 50.5 Å². The molecular formula is C14H20N4. The number of nitrogen functional groups attached to an aromatic ring is 1. The second kappa shape index (κ2) is 6.25. The lowest BCUT2D eigenvalue weighted by Crippen LogP contribution is -2.21. The van der Waals surface area contributed by atoms with Crippen molar-refractivity contribution in [1.29, 1.82) is 5.26 Å². The van der Waals surface area contributed by atoms with Gasteiger partial charge < -0.3 is 11.1 Å². The maximum atomic E-state index is 9.09. The third-order valence-electron chi connectivity index (χ3n) is 3.48. The van der Waals surface area contributed by atoms with E-state index in [1.165, 1.54) is 32.1 Å². The zero-order chi connectivity index (χ0) is 12.8. The molecule has 1 saturated carbocycles. The number of nitrogens with zero attached hydrogens (tertiary/aromatic N) is 2.